The topological polar surface area (TPSA) is 69.6 Å². The number of carbonyl (C=O) groups is 1. The van der Waals surface area contributed by atoms with E-state index in [0.29, 0.717) is 18.0 Å². The fourth-order valence-corrected chi connectivity index (χ4v) is 2.36. The number of carboxylic acids is 1. The lowest BCUT2D eigenvalue weighted by atomic mass is 10.1. The molecule has 0 aliphatic carbocycles. The van der Waals surface area contributed by atoms with E-state index in [1.807, 2.05) is 13.2 Å². The number of aliphatic hydroxyl groups is 1. The van der Waals surface area contributed by atoms with Crippen molar-refractivity contribution in [2.45, 2.75) is 19.4 Å². The maximum absolute atomic E-state index is 11.1. The Hall–Kier alpha value is -1.20. The number of anilines is 1. The molecule has 5 heteroatoms. The molecule has 0 aliphatic heterocycles. The van der Waals surface area contributed by atoms with Gasteiger partial charge in [0.2, 0.25) is 0 Å². The molecule has 1 aromatic carbocycles. The summed E-state index contributed by atoms with van der Waals surface area (Å²) in [6.07, 6.45) is 1.92. The van der Waals surface area contributed by atoms with Gasteiger partial charge in [0.1, 0.15) is 0 Å². The Balaban J connectivity index is 2.83. The van der Waals surface area contributed by atoms with Crippen molar-refractivity contribution < 1.29 is 15.0 Å². The van der Waals surface area contributed by atoms with Crippen molar-refractivity contribution in [3.8, 4) is 0 Å². The summed E-state index contributed by atoms with van der Waals surface area (Å²) in [6.45, 7) is 3.95. The second kappa shape index (κ2) is 6.11. The van der Waals surface area contributed by atoms with Crippen molar-refractivity contribution in [1.29, 1.82) is 0 Å². The highest BCUT2D eigenvalue weighted by Crippen LogP contribution is 2.19. The highest BCUT2D eigenvalue weighted by Gasteiger charge is 2.20. The summed E-state index contributed by atoms with van der Waals surface area (Å²) in [6, 6.07) is 5.11. The molecule has 0 fully saturated rings. The van der Waals surface area contributed by atoms with Crippen molar-refractivity contribution >= 4 is 23.4 Å². The minimum absolute atomic E-state index is 0.223. The van der Waals surface area contributed by atoms with Crippen LogP contribution in [0.15, 0.2) is 18.2 Å². The van der Waals surface area contributed by atoms with Crippen LogP contribution in [0.25, 0.3) is 0 Å². The molecule has 18 heavy (non-hydrogen) atoms. The second-order valence-electron chi connectivity index (χ2n) is 4.64. The number of nitrogens with one attached hydrogen (secondary N) is 1. The lowest BCUT2D eigenvalue weighted by molar-refractivity contribution is 0.0696. The first-order valence-corrected chi connectivity index (χ1v) is 7.04. The number of rotatable bonds is 6. The van der Waals surface area contributed by atoms with E-state index in [9.17, 15) is 9.90 Å². The van der Waals surface area contributed by atoms with E-state index in [-0.39, 0.29) is 5.56 Å². The third kappa shape index (κ3) is 4.23. The van der Waals surface area contributed by atoms with Gasteiger partial charge in [0.25, 0.3) is 0 Å². The zero-order valence-electron chi connectivity index (χ0n) is 10.9. The van der Waals surface area contributed by atoms with Gasteiger partial charge >= 0.3 is 5.97 Å². The first kappa shape index (κ1) is 14.9. The van der Waals surface area contributed by atoms with Crippen LogP contribution in [0.2, 0.25) is 0 Å². The predicted octanol–water partition coefficient (Wildman–Crippen LogP) is 2.22. The molecule has 1 unspecified atom stereocenters. The normalized spacial score (nSPS) is 14.0. The number of aromatic carboxylic acids is 1. The van der Waals surface area contributed by atoms with Crippen LogP contribution in [0, 0.1) is 6.92 Å². The van der Waals surface area contributed by atoms with Crippen LogP contribution in [0.5, 0.6) is 0 Å². The van der Waals surface area contributed by atoms with E-state index in [1.54, 1.807) is 36.9 Å². The molecule has 0 amide bonds. The van der Waals surface area contributed by atoms with Gasteiger partial charge in [0, 0.05) is 18.0 Å². The van der Waals surface area contributed by atoms with Gasteiger partial charge in [0.15, 0.2) is 0 Å². The number of aryl methyl sites for hydroxylation is 1. The molecule has 0 spiro atoms. The number of hydrogen-bond acceptors (Lipinski definition) is 4. The molecule has 1 atom stereocenters. The van der Waals surface area contributed by atoms with Gasteiger partial charge in [-0.25, -0.2) is 4.79 Å². The fraction of sp³-hybridized carbons (Fsp3) is 0.462. The van der Waals surface area contributed by atoms with Crippen LogP contribution >= 0.6 is 11.8 Å². The molecule has 1 rings (SSSR count). The number of hydrogen-bond donors (Lipinski definition) is 3. The maximum Gasteiger partial charge on any atom is 0.337 e. The largest absolute Gasteiger partial charge is 0.478 e. The van der Waals surface area contributed by atoms with Crippen molar-refractivity contribution in [3.05, 3.63) is 29.3 Å². The van der Waals surface area contributed by atoms with Gasteiger partial charge < -0.3 is 15.5 Å². The van der Waals surface area contributed by atoms with E-state index in [4.69, 9.17) is 5.11 Å². The molecule has 3 N–H and O–H groups in total. The molecule has 0 heterocycles. The van der Waals surface area contributed by atoms with Crippen LogP contribution in [-0.4, -0.2) is 40.3 Å². The van der Waals surface area contributed by atoms with Gasteiger partial charge in [-0.05, 0) is 37.8 Å². The Labute approximate surface area is 111 Å². The summed E-state index contributed by atoms with van der Waals surface area (Å²) >= 11 is 1.55. The molecular weight excluding hydrogens is 250 g/mol. The quantitative estimate of drug-likeness (QED) is 0.738. The zero-order chi connectivity index (χ0) is 13.8. The summed E-state index contributed by atoms with van der Waals surface area (Å²) in [5.74, 6) is -0.379. The Morgan fingerprint density at radius 2 is 2.17 bits per heavy atom. The summed E-state index contributed by atoms with van der Waals surface area (Å²) in [7, 11) is 0. The van der Waals surface area contributed by atoms with Crippen molar-refractivity contribution in [3.63, 3.8) is 0 Å². The third-order valence-corrected chi connectivity index (χ3v) is 3.43. The van der Waals surface area contributed by atoms with Gasteiger partial charge in [-0.2, -0.15) is 11.8 Å². The SMILES string of the molecule is CSCC(C)(O)CNc1cc(C)ccc1C(=O)O. The molecule has 1 aromatic rings. The van der Waals surface area contributed by atoms with E-state index in [2.05, 4.69) is 5.32 Å². The molecule has 0 saturated heterocycles. The molecular formula is C13H19NO3S. The first-order valence-electron chi connectivity index (χ1n) is 5.65. The Morgan fingerprint density at radius 3 is 2.72 bits per heavy atom. The van der Waals surface area contributed by atoms with Crippen LogP contribution < -0.4 is 5.32 Å². The molecule has 0 aromatic heterocycles. The summed E-state index contributed by atoms with van der Waals surface area (Å²) < 4.78 is 0. The Kier molecular flexibility index (Phi) is 5.04. The average Bonchev–Trinajstić information content (AvgIpc) is 2.26. The van der Waals surface area contributed by atoms with Gasteiger partial charge in [-0.3, -0.25) is 0 Å². The molecule has 0 radical (unpaired) electrons. The Morgan fingerprint density at radius 1 is 1.50 bits per heavy atom. The summed E-state index contributed by atoms with van der Waals surface area (Å²) in [5.41, 5.74) is 0.885. The minimum atomic E-state index is -0.970. The maximum atomic E-state index is 11.1. The number of benzene rings is 1. The molecule has 0 bridgehead atoms. The van der Waals surface area contributed by atoms with E-state index in [0.717, 1.165) is 5.56 Å². The predicted molar refractivity (Wildman–Crippen MR) is 75.6 cm³/mol. The second-order valence-corrected chi connectivity index (χ2v) is 5.50. The summed E-state index contributed by atoms with van der Waals surface area (Å²) in [5, 5.41) is 22.1. The summed E-state index contributed by atoms with van der Waals surface area (Å²) in [4.78, 5) is 11.1. The highest BCUT2D eigenvalue weighted by molar-refractivity contribution is 7.98. The van der Waals surface area contributed by atoms with Crippen molar-refractivity contribution in [2.75, 3.05) is 23.9 Å². The van der Waals surface area contributed by atoms with Crippen molar-refractivity contribution in [1.82, 2.24) is 0 Å². The molecule has 0 saturated carbocycles. The molecule has 0 aliphatic rings. The van der Waals surface area contributed by atoms with E-state index < -0.39 is 11.6 Å². The van der Waals surface area contributed by atoms with E-state index >= 15 is 0 Å². The average molecular weight is 269 g/mol. The lowest BCUT2D eigenvalue weighted by Gasteiger charge is -2.23. The third-order valence-electron chi connectivity index (χ3n) is 2.52. The standard InChI is InChI=1S/C13H19NO3S/c1-9-4-5-10(12(15)16)11(6-9)14-7-13(2,17)8-18-3/h4-6,14,17H,7-8H2,1-3H3,(H,15,16). The highest BCUT2D eigenvalue weighted by atomic mass is 32.2. The lowest BCUT2D eigenvalue weighted by Crippen LogP contribution is -2.36. The van der Waals surface area contributed by atoms with Gasteiger partial charge in [-0.1, -0.05) is 6.07 Å². The van der Waals surface area contributed by atoms with Crippen molar-refractivity contribution in [2.24, 2.45) is 0 Å². The van der Waals surface area contributed by atoms with Gasteiger partial charge in [-0.15, -0.1) is 0 Å². The molecule has 4 nitrogen and oxygen atoms in total. The van der Waals surface area contributed by atoms with Crippen LogP contribution in [0.4, 0.5) is 5.69 Å². The van der Waals surface area contributed by atoms with E-state index in [1.165, 1.54) is 0 Å². The Bertz CT molecular complexity index is 432. The van der Waals surface area contributed by atoms with Gasteiger partial charge in [0.05, 0.1) is 11.2 Å². The minimum Gasteiger partial charge on any atom is -0.478 e. The van der Waals surface area contributed by atoms with Crippen LogP contribution in [0.1, 0.15) is 22.8 Å². The molecule has 100 valence electrons. The smallest absolute Gasteiger partial charge is 0.337 e. The zero-order valence-corrected chi connectivity index (χ0v) is 11.7. The first-order chi connectivity index (χ1) is 8.35. The van der Waals surface area contributed by atoms with Crippen LogP contribution in [0.3, 0.4) is 0 Å². The van der Waals surface area contributed by atoms with Crippen LogP contribution in [-0.2, 0) is 0 Å². The monoisotopic (exact) mass is 269 g/mol. The fourth-order valence-electron chi connectivity index (χ4n) is 1.64. The number of carboxylic acid groups (broad SMARTS) is 1. The number of thioether (sulfide) groups is 1.